The summed E-state index contributed by atoms with van der Waals surface area (Å²) in [6.07, 6.45) is 5.23. The summed E-state index contributed by atoms with van der Waals surface area (Å²) >= 11 is 0. The van der Waals surface area contributed by atoms with Crippen LogP contribution in [0.25, 0.3) is 0 Å². The third kappa shape index (κ3) is 2.58. The van der Waals surface area contributed by atoms with E-state index in [2.05, 4.69) is 17.5 Å². The maximum Gasteiger partial charge on any atom is 0.269 e. The Kier molecular flexibility index (Phi) is 4.03. The van der Waals surface area contributed by atoms with Gasteiger partial charge in [0.05, 0.1) is 25.2 Å². The highest BCUT2D eigenvalue weighted by molar-refractivity contribution is 5.63. The van der Waals surface area contributed by atoms with Crippen LogP contribution in [0.15, 0.2) is 48.6 Å². The van der Waals surface area contributed by atoms with Gasteiger partial charge in [0, 0.05) is 29.3 Å². The number of allylic oxidation sites excluding steroid dienone is 2. The fourth-order valence-corrected chi connectivity index (χ4v) is 4.09. The van der Waals surface area contributed by atoms with E-state index >= 15 is 0 Å². The molecular formula is C20H20N2O4. The summed E-state index contributed by atoms with van der Waals surface area (Å²) in [7, 11) is 3.31. The third-order valence-corrected chi connectivity index (χ3v) is 5.33. The van der Waals surface area contributed by atoms with Crippen LogP contribution in [0.1, 0.15) is 29.5 Å². The lowest BCUT2D eigenvalue weighted by Gasteiger charge is -2.37. The molecule has 6 nitrogen and oxygen atoms in total. The number of fused-ring (bicyclic) bond motifs is 3. The van der Waals surface area contributed by atoms with Crippen LogP contribution >= 0.6 is 0 Å². The molecule has 4 rings (SSSR count). The maximum absolute atomic E-state index is 11.2. The first-order valence-corrected chi connectivity index (χ1v) is 8.56. The molecule has 134 valence electrons. The fraction of sp³-hybridized carbons (Fsp3) is 0.300. The van der Waals surface area contributed by atoms with E-state index < -0.39 is 0 Å². The Labute approximate surface area is 151 Å². The van der Waals surface area contributed by atoms with Crippen molar-refractivity contribution < 1.29 is 14.4 Å². The Morgan fingerprint density at radius 1 is 1.12 bits per heavy atom. The predicted molar refractivity (Wildman–Crippen MR) is 99.0 cm³/mol. The second kappa shape index (κ2) is 6.37. The number of nitrogens with zero attached hydrogens (tertiary/aromatic N) is 1. The van der Waals surface area contributed by atoms with E-state index in [9.17, 15) is 10.1 Å². The molecule has 1 heterocycles. The first-order chi connectivity index (χ1) is 12.6. The van der Waals surface area contributed by atoms with Crippen LogP contribution in [0.4, 0.5) is 11.4 Å². The van der Waals surface area contributed by atoms with E-state index in [4.69, 9.17) is 9.47 Å². The van der Waals surface area contributed by atoms with Crippen molar-refractivity contribution in [1.82, 2.24) is 0 Å². The minimum Gasteiger partial charge on any atom is -0.497 e. The Balaban J connectivity index is 1.80. The lowest BCUT2D eigenvalue weighted by Crippen LogP contribution is -2.29. The van der Waals surface area contributed by atoms with Crippen molar-refractivity contribution in [3.63, 3.8) is 0 Å². The van der Waals surface area contributed by atoms with E-state index in [-0.39, 0.29) is 28.5 Å². The van der Waals surface area contributed by atoms with Crippen LogP contribution in [0.5, 0.6) is 11.5 Å². The zero-order chi connectivity index (χ0) is 18.3. The zero-order valence-corrected chi connectivity index (χ0v) is 14.6. The van der Waals surface area contributed by atoms with Crippen molar-refractivity contribution >= 4 is 11.4 Å². The number of nitro benzene ring substituents is 1. The number of nitrogens with one attached hydrogen (secondary N) is 1. The highest BCUT2D eigenvalue weighted by Gasteiger charge is 2.39. The Bertz CT molecular complexity index is 893. The van der Waals surface area contributed by atoms with Crippen LogP contribution in [0.2, 0.25) is 0 Å². The molecule has 1 N–H and O–H groups in total. The average Bonchev–Trinajstić information content (AvgIpc) is 3.16. The third-order valence-electron chi connectivity index (χ3n) is 5.33. The maximum atomic E-state index is 11.2. The first kappa shape index (κ1) is 16.4. The number of methoxy groups -OCH3 is 2. The van der Waals surface area contributed by atoms with Gasteiger partial charge >= 0.3 is 0 Å². The van der Waals surface area contributed by atoms with Gasteiger partial charge in [-0.05, 0) is 42.2 Å². The normalized spacial score (nSPS) is 22.9. The molecule has 0 fully saturated rings. The van der Waals surface area contributed by atoms with Gasteiger partial charge in [-0.25, -0.2) is 0 Å². The van der Waals surface area contributed by atoms with Crippen molar-refractivity contribution in [1.29, 1.82) is 0 Å². The molecular weight excluding hydrogens is 332 g/mol. The molecule has 0 unspecified atom stereocenters. The number of nitro groups is 1. The summed E-state index contributed by atoms with van der Waals surface area (Å²) < 4.78 is 11.0. The number of anilines is 1. The van der Waals surface area contributed by atoms with Crippen molar-refractivity contribution in [2.45, 2.75) is 18.4 Å². The number of rotatable bonds is 4. The van der Waals surface area contributed by atoms with Crippen molar-refractivity contribution in [3.8, 4) is 11.5 Å². The minimum absolute atomic E-state index is 0.0361. The molecule has 2 aromatic rings. The first-order valence-electron chi connectivity index (χ1n) is 8.56. The standard InChI is InChI=1S/C20H20N2O4/c1-25-13-7-9-19(26-2)17(11-13)20-15-5-3-4-14(15)16-10-12(22(23)24)6-8-18(16)21-20/h3-4,6-11,14-15,20-21H,5H2,1-2H3/t14-,15+,20+/m0/s1. The lowest BCUT2D eigenvalue weighted by atomic mass is 9.76. The number of hydrogen-bond acceptors (Lipinski definition) is 5. The largest absolute Gasteiger partial charge is 0.497 e. The van der Waals surface area contributed by atoms with E-state index in [0.29, 0.717) is 0 Å². The fourth-order valence-electron chi connectivity index (χ4n) is 4.09. The van der Waals surface area contributed by atoms with Gasteiger partial charge in [0.15, 0.2) is 0 Å². The highest BCUT2D eigenvalue weighted by atomic mass is 16.6. The summed E-state index contributed by atoms with van der Waals surface area (Å²) in [6.45, 7) is 0. The van der Waals surface area contributed by atoms with Gasteiger partial charge in [0.25, 0.3) is 5.69 Å². The van der Waals surface area contributed by atoms with Crippen LogP contribution in [-0.4, -0.2) is 19.1 Å². The van der Waals surface area contributed by atoms with Crippen LogP contribution in [0, 0.1) is 16.0 Å². The van der Waals surface area contributed by atoms with Crippen LogP contribution < -0.4 is 14.8 Å². The van der Waals surface area contributed by atoms with Crippen LogP contribution in [0.3, 0.4) is 0 Å². The van der Waals surface area contributed by atoms with Crippen LogP contribution in [-0.2, 0) is 0 Å². The molecule has 0 amide bonds. The lowest BCUT2D eigenvalue weighted by molar-refractivity contribution is -0.384. The van der Waals surface area contributed by atoms with E-state index in [1.807, 2.05) is 18.2 Å². The Morgan fingerprint density at radius 2 is 1.96 bits per heavy atom. The molecule has 0 radical (unpaired) electrons. The van der Waals surface area contributed by atoms with Gasteiger partial charge in [0.1, 0.15) is 11.5 Å². The molecule has 1 aliphatic heterocycles. The van der Waals surface area contributed by atoms with Gasteiger partial charge in [-0.2, -0.15) is 0 Å². The van der Waals surface area contributed by atoms with E-state index in [1.54, 1.807) is 32.4 Å². The highest BCUT2D eigenvalue weighted by Crippen LogP contribution is 2.52. The molecule has 0 saturated heterocycles. The van der Waals surface area contributed by atoms with Gasteiger partial charge < -0.3 is 14.8 Å². The molecule has 3 atom stereocenters. The SMILES string of the molecule is COc1ccc(OC)c([C@@H]2Nc3ccc([N+](=O)[O-])cc3[C@H]3C=CC[C@H]32)c1. The van der Waals surface area contributed by atoms with Gasteiger partial charge in [-0.1, -0.05) is 12.2 Å². The quantitative estimate of drug-likeness (QED) is 0.500. The molecule has 0 spiro atoms. The summed E-state index contributed by atoms with van der Waals surface area (Å²) in [4.78, 5) is 10.8. The smallest absolute Gasteiger partial charge is 0.269 e. The number of benzene rings is 2. The van der Waals surface area contributed by atoms with Gasteiger partial charge in [-0.3, -0.25) is 10.1 Å². The number of non-ortho nitro benzene ring substituents is 1. The molecule has 0 bridgehead atoms. The second-order valence-electron chi connectivity index (χ2n) is 6.61. The van der Waals surface area contributed by atoms with Gasteiger partial charge in [-0.15, -0.1) is 0 Å². The summed E-state index contributed by atoms with van der Waals surface area (Å²) in [5.41, 5.74) is 3.07. The number of ether oxygens (including phenoxy) is 2. The van der Waals surface area contributed by atoms with E-state index in [1.165, 1.54) is 0 Å². The van der Waals surface area contributed by atoms with Crippen molar-refractivity contribution in [2.24, 2.45) is 5.92 Å². The predicted octanol–water partition coefficient (Wildman–Crippen LogP) is 4.44. The molecule has 26 heavy (non-hydrogen) atoms. The second-order valence-corrected chi connectivity index (χ2v) is 6.61. The van der Waals surface area contributed by atoms with Crippen molar-refractivity contribution in [2.75, 3.05) is 19.5 Å². The number of hydrogen-bond donors (Lipinski definition) is 1. The molecule has 2 aromatic carbocycles. The zero-order valence-electron chi connectivity index (χ0n) is 14.6. The average molecular weight is 352 g/mol. The van der Waals surface area contributed by atoms with E-state index in [0.717, 1.165) is 34.7 Å². The molecule has 0 aromatic heterocycles. The topological polar surface area (TPSA) is 73.6 Å². The van der Waals surface area contributed by atoms with Gasteiger partial charge in [0.2, 0.25) is 0 Å². The molecule has 0 saturated carbocycles. The monoisotopic (exact) mass is 352 g/mol. The summed E-state index contributed by atoms with van der Waals surface area (Å²) in [5.74, 6) is 2.00. The Hall–Kier alpha value is -3.02. The molecule has 2 aliphatic rings. The Morgan fingerprint density at radius 3 is 2.69 bits per heavy atom. The molecule has 6 heteroatoms. The van der Waals surface area contributed by atoms with Crippen molar-refractivity contribution in [3.05, 3.63) is 69.8 Å². The summed E-state index contributed by atoms with van der Waals surface area (Å²) in [6, 6.07) is 10.9. The molecule has 1 aliphatic carbocycles. The summed E-state index contributed by atoms with van der Waals surface area (Å²) in [5, 5.41) is 14.7. The minimum atomic E-state index is -0.342.